The van der Waals surface area contributed by atoms with Gasteiger partial charge in [-0.1, -0.05) is 30.3 Å². The van der Waals surface area contributed by atoms with Gasteiger partial charge in [0.25, 0.3) is 11.8 Å². The Morgan fingerprint density at radius 3 is 2.07 bits per heavy atom. The van der Waals surface area contributed by atoms with Gasteiger partial charge >= 0.3 is 5.97 Å². The van der Waals surface area contributed by atoms with Gasteiger partial charge in [-0.25, -0.2) is 4.79 Å². The summed E-state index contributed by atoms with van der Waals surface area (Å²) in [5.41, 5.74) is 0.615. The highest BCUT2D eigenvalue weighted by Crippen LogP contribution is 2.18. The van der Waals surface area contributed by atoms with Crippen molar-refractivity contribution in [2.75, 3.05) is 18.6 Å². The van der Waals surface area contributed by atoms with Crippen molar-refractivity contribution >= 4 is 23.5 Å². The van der Waals surface area contributed by atoms with Crippen molar-refractivity contribution in [3.8, 4) is 0 Å². The first-order valence-corrected chi connectivity index (χ1v) is 8.59. The molecule has 0 saturated carbocycles. The summed E-state index contributed by atoms with van der Waals surface area (Å²) in [5.74, 6) is -1.46. The van der Waals surface area contributed by atoms with Gasteiger partial charge in [-0.15, -0.1) is 0 Å². The zero-order valence-electron chi connectivity index (χ0n) is 16.0. The summed E-state index contributed by atoms with van der Waals surface area (Å²) in [7, 11) is 1.64. The Labute approximate surface area is 159 Å². The minimum Gasteiger partial charge on any atom is -0.452 e. The van der Waals surface area contributed by atoms with E-state index in [9.17, 15) is 14.4 Å². The van der Waals surface area contributed by atoms with E-state index in [0.717, 1.165) is 0 Å². The Bertz CT molecular complexity index is 826. The predicted octanol–water partition coefficient (Wildman–Crippen LogP) is 3.03. The molecule has 2 rings (SSSR count). The van der Waals surface area contributed by atoms with Crippen LogP contribution in [0.5, 0.6) is 0 Å². The fraction of sp³-hybridized carbons (Fsp3) is 0.286. The minimum absolute atomic E-state index is 0.119. The van der Waals surface area contributed by atoms with E-state index in [1.54, 1.807) is 37.4 Å². The lowest BCUT2D eigenvalue weighted by Crippen LogP contribution is -2.42. The number of nitrogens with zero attached hydrogens (tertiary/aromatic N) is 1. The highest BCUT2D eigenvalue weighted by molar-refractivity contribution is 6.12. The Morgan fingerprint density at radius 2 is 1.48 bits per heavy atom. The largest absolute Gasteiger partial charge is 0.452 e. The smallest absolute Gasteiger partial charge is 0.339 e. The third kappa shape index (κ3) is 5.67. The van der Waals surface area contributed by atoms with E-state index >= 15 is 0 Å². The number of ether oxygens (including phenoxy) is 1. The molecular formula is C21H24N2O4. The van der Waals surface area contributed by atoms with Gasteiger partial charge in [0.15, 0.2) is 6.61 Å². The molecule has 27 heavy (non-hydrogen) atoms. The monoisotopic (exact) mass is 368 g/mol. The third-order valence-corrected chi connectivity index (χ3v) is 3.67. The summed E-state index contributed by atoms with van der Waals surface area (Å²) >= 11 is 0. The van der Waals surface area contributed by atoms with Crippen LogP contribution in [-0.2, 0) is 9.53 Å². The third-order valence-electron chi connectivity index (χ3n) is 3.67. The molecule has 6 heteroatoms. The second-order valence-electron chi connectivity index (χ2n) is 7.12. The highest BCUT2D eigenvalue weighted by Gasteiger charge is 2.22. The maximum absolute atomic E-state index is 12.8. The van der Waals surface area contributed by atoms with Crippen molar-refractivity contribution in [1.29, 1.82) is 0 Å². The molecule has 2 aromatic carbocycles. The number of carbonyl (C=O) groups excluding carboxylic acids is 3. The second kappa shape index (κ2) is 8.49. The average Bonchev–Trinajstić information content (AvgIpc) is 2.64. The lowest BCUT2D eigenvalue weighted by atomic mass is 10.1. The van der Waals surface area contributed by atoms with Crippen LogP contribution in [-0.4, -0.2) is 37.0 Å². The number of carbonyl (C=O) groups is 3. The topological polar surface area (TPSA) is 75.7 Å². The van der Waals surface area contributed by atoms with Crippen LogP contribution in [0.4, 0.5) is 5.69 Å². The fourth-order valence-corrected chi connectivity index (χ4v) is 2.46. The molecule has 0 aliphatic carbocycles. The quantitative estimate of drug-likeness (QED) is 0.823. The maximum atomic E-state index is 12.8. The Hall–Kier alpha value is -3.15. The van der Waals surface area contributed by atoms with Crippen LogP contribution in [0.3, 0.4) is 0 Å². The highest BCUT2D eigenvalue weighted by atomic mass is 16.5. The Kier molecular flexibility index (Phi) is 6.34. The summed E-state index contributed by atoms with van der Waals surface area (Å²) in [6, 6.07) is 15.5. The van der Waals surface area contributed by atoms with Crippen molar-refractivity contribution < 1.29 is 19.1 Å². The van der Waals surface area contributed by atoms with Crippen LogP contribution in [0, 0.1) is 0 Å². The Balaban J connectivity index is 2.14. The summed E-state index contributed by atoms with van der Waals surface area (Å²) in [5, 5.41) is 2.71. The molecule has 0 heterocycles. The van der Waals surface area contributed by atoms with Gasteiger partial charge in [0, 0.05) is 18.3 Å². The van der Waals surface area contributed by atoms with E-state index in [-0.39, 0.29) is 17.0 Å². The first-order valence-electron chi connectivity index (χ1n) is 8.59. The fourth-order valence-electron chi connectivity index (χ4n) is 2.46. The van der Waals surface area contributed by atoms with Gasteiger partial charge in [-0.3, -0.25) is 9.59 Å². The van der Waals surface area contributed by atoms with E-state index in [1.807, 2.05) is 39.0 Å². The summed E-state index contributed by atoms with van der Waals surface area (Å²) in [4.78, 5) is 38.6. The first kappa shape index (κ1) is 20.2. The summed E-state index contributed by atoms with van der Waals surface area (Å²) in [6.07, 6.45) is 0. The predicted molar refractivity (Wildman–Crippen MR) is 104 cm³/mol. The molecule has 0 fully saturated rings. The zero-order chi connectivity index (χ0) is 20.0. The normalized spacial score (nSPS) is 10.8. The van der Waals surface area contributed by atoms with Crippen molar-refractivity contribution in [2.45, 2.75) is 26.3 Å². The molecule has 142 valence electrons. The number of anilines is 1. The molecule has 0 spiro atoms. The number of esters is 1. The first-order chi connectivity index (χ1) is 12.7. The number of benzene rings is 2. The van der Waals surface area contributed by atoms with Crippen LogP contribution < -0.4 is 10.2 Å². The van der Waals surface area contributed by atoms with E-state index < -0.39 is 24.0 Å². The number of rotatable bonds is 5. The van der Waals surface area contributed by atoms with Crippen molar-refractivity contribution in [1.82, 2.24) is 5.32 Å². The van der Waals surface area contributed by atoms with Gasteiger partial charge in [0.2, 0.25) is 0 Å². The maximum Gasteiger partial charge on any atom is 0.339 e. The van der Waals surface area contributed by atoms with Gasteiger partial charge in [0.1, 0.15) is 0 Å². The van der Waals surface area contributed by atoms with E-state index in [4.69, 9.17) is 4.74 Å². The minimum atomic E-state index is -0.718. The molecule has 2 aromatic rings. The van der Waals surface area contributed by atoms with E-state index in [2.05, 4.69) is 5.32 Å². The van der Waals surface area contributed by atoms with Crippen molar-refractivity contribution in [2.24, 2.45) is 0 Å². The molecule has 0 aromatic heterocycles. The zero-order valence-corrected chi connectivity index (χ0v) is 16.0. The van der Waals surface area contributed by atoms with Gasteiger partial charge < -0.3 is 15.0 Å². The molecule has 0 radical (unpaired) electrons. The molecule has 0 aliphatic heterocycles. The molecule has 1 N–H and O–H groups in total. The number of hydrogen-bond donors (Lipinski definition) is 1. The van der Waals surface area contributed by atoms with Crippen LogP contribution in [0.15, 0.2) is 54.6 Å². The molecule has 0 atom stereocenters. The molecule has 0 bridgehead atoms. The lowest BCUT2D eigenvalue weighted by molar-refractivity contribution is -0.125. The molecule has 2 amide bonds. The number of para-hydroxylation sites is 1. The molecular weight excluding hydrogens is 344 g/mol. The molecule has 6 nitrogen and oxygen atoms in total. The number of hydrogen-bond acceptors (Lipinski definition) is 4. The van der Waals surface area contributed by atoms with Crippen molar-refractivity contribution in [3.05, 3.63) is 65.7 Å². The van der Waals surface area contributed by atoms with Gasteiger partial charge in [-0.2, -0.15) is 0 Å². The van der Waals surface area contributed by atoms with Crippen LogP contribution in [0.1, 0.15) is 41.5 Å². The van der Waals surface area contributed by atoms with E-state index in [0.29, 0.717) is 5.69 Å². The van der Waals surface area contributed by atoms with Crippen LogP contribution >= 0.6 is 0 Å². The average molecular weight is 368 g/mol. The van der Waals surface area contributed by atoms with Crippen LogP contribution in [0.25, 0.3) is 0 Å². The van der Waals surface area contributed by atoms with Crippen LogP contribution in [0.2, 0.25) is 0 Å². The van der Waals surface area contributed by atoms with Gasteiger partial charge in [-0.05, 0) is 45.0 Å². The SMILES string of the molecule is CN(C(=O)c1ccccc1C(=O)OCC(=O)NC(C)(C)C)c1ccccc1. The van der Waals surface area contributed by atoms with Crippen molar-refractivity contribution in [3.63, 3.8) is 0 Å². The second-order valence-corrected chi connectivity index (χ2v) is 7.12. The van der Waals surface area contributed by atoms with E-state index in [1.165, 1.54) is 11.0 Å². The molecule has 0 aliphatic rings. The number of amides is 2. The Morgan fingerprint density at radius 1 is 0.926 bits per heavy atom. The standard InChI is InChI=1S/C21H24N2O4/c1-21(2,3)22-18(24)14-27-20(26)17-13-9-8-12-16(17)19(25)23(4)15-10-6-5-7-11-15/h5-13H,14H2,1-4H3,(H,22,24). The molecule has 0 unspecified atom stereocenters. The van der Waals surface area contributed by atoms with Gasteiger partial charge in [0.05, 0.1) is 11.1 Å². The summed E-state index contributed by atoms with van der Waals surface area (Å²) < 4.78 is 5.09. The summed E-state index contributed by atoms with van der Waals surface area (Å²) in [6.45, 7) is 5.09. The lowest BCUT2D eigenvalue weighted by Gasteiger charge is -2.20. The number of nitrogens with one attached hydrogen (secondary N) is 1. The molecule has 0 saturated heterocycles.